The number of carbonyl (C=O) groups is 1. The number of rotatable bonds is 2. The van der Waals surface area contributed by atoms with E-state index in [4.69, 9.17) is 0 Å². The van der Waals surface area contributed by atoms with Crippen LogP contribution in [-0.4, -0.2) is 26.3 Å². The first-order valence-corrected chi connectivity index (χ1v) is 4.10. The second kappa shape index (κ2) is 3.37. The summed E-state index contributed by atoms with van der Waals surface area (Å²) in [5, 5.41) is 7.82. The summed E-state index contributed by atoms with van der Waals surface area (Å²) in [5.41, 5.74) is 1.42. The number of hydrogen-bond donors (Lipinski definition) is 0. The van der Waals surface area contributed by atoms with Gasteiger partial charge in [0.2, 0.25) is 0 Å². The number of carbonyl (C=O) groups excluding carboxylic acids is 1. The predicted molar refractivity (Wildman–Crippen MR) is 49.3 cm³/mol. The van der Waals surface area contributed by atoms with Crippen molar-refractivity contribution >= 4 is 6.29 Å². The van der Waals surface area contributed by atoms with Gasteiger partial charge in [0.15, 0.2) is 12.1 Å². The number of nitrogens with zero attached hydrogens (tertiary/aromatic N) is 4. The molecule has 0 amide bonds. The van der Waals surface area contributed by atoms with Crippen LogP contribution >= 0.6 is 0 Å². The Balaban J connectivity index is 2.58. The van der Waals surface area contributed by atoms with Crippen molar-refractivity contribution in [3.05, 3.63) is 35.8 Å². The normalized spacial score (nSPS) is 10.1. The highest BCUT2D eigenvalue weighted by atomic mass is 16.1. The summed E-state index contributed by atoms with van der Waals surface area (Å²) in [5.74, 6) is 0.454. The van der Waals surface area contributed by atoms with Crippen molar-refractivity contribution in [3.63, 3.8) is 0 Å². The molecule has 0 radical (unpaired) electrons. The lowest BCUT2D eigenvalue weighted by atomic mass is 10.2. The van der Waals surface area contributed by atoms with Gasteiger partial charge in [-0.1, -0.05) is 0 Å². The van der Waals surface area contributed by atoms with Crippen molar-refractivity contribution in [2.45, 2.75) is 6.92 Å². The van der Waals surface area contributed by atoms with Crippen molar-refractivity contribution in [2.75, 3.05) is 0 Å². The molecule has 5 heteroatoms. The molecule has 0 saturated heterocycles. The number of hydrogen-bond acceptors (Lipinski definition) is 4. The van der Waals surface area contributed by atoms with E-state index in [9.17, 15) is 4.79 Å². The van der Waals surface area contributed by atoms with E-state index < -0.39 is 0 Å². The minimum atomic E-state index is 0.454. The molecule has 0 N–H and O–H groups in total. The van der Waals surface area contributed by atoms with E-state index in [0.717, 1.165) is 11.8 Å². The smallest absolute Gasteiger partial charge is 0.184 e. The lowest BCUT2D eigenvalue weighted by molar-refractivity contribution is 0.112. The molecule has 0 unspecified atom stereocenters. The number of aryl methyl sites for hydroxylation is 1. The van der Waals surface area contributed by atoms with Crippen LogP contribution in [0, 0.1) is 6.92 Å². The van der Waals surface area contributed by atoms with Crippen LogP contribution in [0.1, 0.15) is 15.9 Å². The van der Waals surface area contributed by atoms with Gasteiger partial charge < -0.3 is 0 Å². The Morgan fingerprint density at radius 1 is 1.36 bits per heavy atom. The van der Waals surface area contributed by atoms with E-state index in [1.54, 1.807) is 12.3 Å². The van der Waals surface area contributed by atoms with Gasteiger partial charge in [-0.3, -0.25) is 4.79 Å². The van der Waals surface area contributed by atoms with Crippen LogP contribution in [0.15, 0.2) is 24.7 Å². The van der Waals surface area contributed by atoms with Crippen LogP contribution in [0.4, 0.5) is 0 Å². The van der Waals surface area contributed by atoms with Gasteiger partial charge in [0.1, 0.15) is 0 Å². The van der Waals surface area contributed by atoms with Crippen LogP contribution in [0.2, 0.25) is 0 Å². The van der Waals surface area contributed by atoms with E-state index in [2.05, 4.69) is 15.2 Å². The van der Waals surface area contributed by atoms with Crippen LogP contribution < -0.4 is 0 Å². The van der Waals surface area contributed by atoms with Gasteiger partial charge in [0.05, 0.1) is 18.0 Å². The third-order valence-electron chi connectivity index (χ3n) is 1.77. The maximum Gasteiger partial charge on any atom is 0.184 e. The Hall–Kier alpha value is -2.04. The molecule has 2 heterocycles. The summed E-state index contributed by atoms with van der Waals surface area (Å²) >= 11 is 0. The van der Waals surface area contributed by atoms with Gasteiger partial charge in [-0.25, -0.2) is 4.98 Å². The predicted octanol–water partition coefficient (Wildman–Crippen LogP) is 0.783. The minimum Gasteiger partial charge on any atom is -0.298 e. The molecule has 0 fully saturated rings. The summed E-state index contributed by atoms with van der Waals surface area (Å²) in [4.78, 5) is 16.2. The Bertz CT molecular complexity index is 450. The largest absolute Gasteiger partial charge is 0.298 e. The van der Waals surface area contributed by atoms with Crippen molar-refractivity contribution in [2.24, 2.45) is 0 Å². The summed E-state index contributed by atoms with van der Waals surface area (Å²) in [6, 6.07) is 1.75. The van der Waals surface area contributed by atoms with Crippen LogP contribution in [0.25, 0.3) is 5.82 Å². The highest BCUT2D eigenvalue weighted by Crippen LogP contribution is 2.08. The van der Waals surface area contributed by atoms with Gasteiger partial charge >= 0.3 is 0 Å². The molecule has 2 aromatic heterocycles. The average Bonchev–Trinajstić information content (AvgIpc) is 2.70. The fourth-order valence-electron chi connectivity index (χ4n) is 1.16. The van der Waals surface area contributed by atoms with Crippen LogP contribution in [-0.2, 0) is 0 Å². The van der Waals surface area contributed by atoms with Gasteiger partial charge in [-0.15, -0.1) is 4.80 Å². The number of aldehydes is 1. The third kappa shape index (κ3) is 1.39. The Morgan fingerprint density at radius 3 is 2.71 bits per heavy atom. The van der Waals surface area contributed by atoms with E-state index in [1.807, 2.05) is 6.92 Å². The fourth-order valence-corrected chi connectivity index (χ4v) is 1.16. The molecule has 0 aromatic carbocycles. The minimum absolute atomic E-state index is 0.454. The average molecular weight is 188 g/mol. The first-order valence-electron chi connectivity index (χ1n) is 4.10. The van der Waals surface area contributed by atoms with Crippen LogP contribution in [0.3, 0.4) is 0 Å². The SMILES string of the molecule is Cc1cnc(-n2nccn2)c(C=O)c1. The van der Waals surface area contributed by atoms with Gasteiger partial charge in [-0.2, -0.15) is 10.2 Å². The molecule has 2 rings (SSSR count). The standard InChI is InChI=1S/C9H8N4O/c1-7-4-8(6-14)9(10-5-7)13-11-2-3-12-13/h2-6H,1H3. The Kier molecular flexibility index (Phi) is 2.06. The molecule has 0 aliphatic carbocycles. The molecule has 0 atom stereocenters. The fraction of sp³-hybridized carbons (Fsp3) is 0.111. The van der Waals surface area contributed by atoms with Gasteiger partial charge in [-0.05, 0) is 18.6 Å². The van der Waals surface area contributed by atoms with Crippen molar-refractivity contribution < 1.29 is 4.79 Å². The Morgan fingerprint density at radius 2 is 2.07 bits per heavy atom. The molecule has 14 heavy (non-hydrogen) atoms. The zero-order valence-electron chi connectivity index (χ0n) is 7.58. The van der Waals surface area contributed by atoms with E-state index in [-0.39, 0.29) is 0 Å². The molecule has 0 aliphatic rings. The quantitative estimate of drug-likeness (QED) is 0.653. The third-order valence-corrected chi connectivity index (χ3v) is 1.77. The first kappa shape index (κ1) is 8.55. The lowest BCUT2D eigenvalue weighted by Crippen LogP contribution is -2.05. The molecule has 5 nitrogen and oxygen atoms in total. The molecule has 0 spiro atoms. The number of pyridine rings is 1. The Labute approximate surface area is 80.4 Å². The zero-order valence-corrected chi connectivity index (χ0v) is 7.58. The van der Waals surface area contributed by atoms with E-state index in [0.29, 0.717) is 11.4 Å². The molecule has 70 valence electrons. The van der Waals surface area contributed by atoms with Gasteiger partial charge in [0.25, 0.3) is 0 Å². The summed E-state index contributed by atoms with van der Waals surface area (Å²) in [6.07, 6.45) is 5.50. The number of aromatic nitrogens is 4. The highest BCUT2D eigenvalue weighted by molar-refractivity contribution is 5.79. The maximum atomic E-state index is 10.8. The maximum absolute atomic E-state index is 10.8. The van der Waals surface area contributed by atoms with Crippen LogP contribution in [0.5, 0.6) is 0 Å². The molecular weight excluding hydrogens is 180 g/mol. The van der Waals surface area contributed by atoms with Crippen molar-refractivity contribution in [3.8, 4) is 5.82 Å². The summed E-state index contributed by atoms with van der Waals surface area (Å²) in [7, 11) is 0. The summed E-state index contributed by atoms with van der Waals surface area (Å²) < 4.78 is 0. The zero-order chi connectivity index (χ0) is 9.97. The van der Waals surface area contributed by atoms with E-state index >= 15 is 0 Å². The lowest BCUT2D eigenvalue weighted by Gasteiger charge is -2.02. The molecule has 0 bridgehead atoms. The van der Waals surface area contributed by atoms with Crippen molar-refractivity contribution in [1.29, 1.82) is 0 Å². The first-order chi connectivity index (χ1) is 6.81. The van der Waals surface area contributed by atoms with Crippen molar-refractivity contribution in [1.82, 2.24) is 20.0 Å². The van der Waals surface area contributed by atoms with E-state index in [1.165, 1.54) is 17.2 Å². The monoisotopic (exact) mass is 188 g/mol. The van der Waals surface area contributed by atoms with Gasteiger partial charge in [0, 0.05) is 6.20 Å². The topological polar surface area (TPSA) is 60.7 Å². The second-order valence-corrected chi connectivity index (χ2v) is 2.86. The highest BCUT2D eigenvalue weighted by Gasteiger charge is 2.06. The molecular formula is C9H8N4O. The second-order valence-electron chi connectivity index (χ2n) is 2.86. The molecule has 2 aromatic rings. The summed E-state index contributed by atoms with van der Waals surface area (Å²) in [6.45, 7) is 1.88. The molecule has 0 aliphatic heterocycles. The molecule has 0 saturated carbocycles.